The van der Waals surface area contributed by atoms with Gasteiger partial charge in [0.1, 0.15) is 0 Å². The van der Waals surface area contributed by atoms with Crippen molar-refractivity contribution in [2.75, 3.05) is 4.90 Å². The summed E-state index contributed by atoms with van der Waals surface area (Å²) in [7, 11) is 0. The summed E-state index contributed by atoms with van der Waals surface area (Å²) in [5, 5.41) is 0. The van der Waals surface area contributed by atoms with Gasteiger partial charge in [-0.15, -0.1) is 0 Å². The van der Waals surface area contributed by atoms with Gasteiger partial charge in [-0.25, -0.2) is 0 Å². The predicted octanol–water partition coefficient (Wildman–Crippen LogP) is 4.23. The maximum Gasteiger partial charge on any atom is 0.258 e. The first-order chi connectivity index (χ1) is 9.08. The highest BCUT2D eigenvalue weighted by Gasteiger charge is 2.29. The van der Waals surface area contributed by atoms with Gasteiger partial charge in [0, 0.05) is 15.7 Å². The molecular weight excluding hydrogens is 302 g/mol. The van der Waals surface area contributed by atoms with E-state index < -0.39 is 0 Å². The lowest BCUT2D eigenvalue weighted by atomic mass is 10.1. The normalized spacial score (nSPS) is 13.8. The number of carbonyl (C=O) groups is 1. The summed E-state index contributed by atoms with van der Waals surface area (Å²) < 4.78 is 1.03. The summed E-state index contributed by atoms with van der Waals surface area (Å²) in [4.78, 5) is 14.4. The molecule has 2 aromatic carbocycles. The minimum Gasteiger partial charge on any atom is -0.304 e. The van der Waals surface area contributed by atoms with Crippen LogP contribution in [0.5, 0.6) is 0 Å². The van der Waals surface area contributed by atoms with Crippen LogP contribution in [0, 0.1) is 13.8 Å². The van der Waals surface area contributed by atoms with Crippen molar-refractivity contribution >= 4 is 27.5 Å². The third-order valence-electron chi connectivity index (χ3n) is 3.60. The Kier molecular flexibility index (Phi) is 2.94. The van der Waals surface area contributed by atoms with E-state index in [0.717, 1.165) is 32.4 Å². The molecule has 0 unspecified atom stereocenters. The molecule has 0 saturated heterocycles. The smallest absolute Gasteiger partial charge is 0.258 e. The van der Waals surface area contributed by atoms with Crippen LogP contribution in [0.2, 0.25) is 0 Å². The molecule has 0 fully saturated rings. The number of rotatable bonds is 1. The molecule has 0 radical (unpaired) electrons. The van der Waals surface area contributed by atoms with Gasteiger partial charge in [0.05, 0.1) is 6.54 Å². The second-order valence-corrected chi connectivity index (χ2v) is 5.79. The molecule has 0 aliphatic carbocycles. The van der Waals surface area contributed by atoms with Crippen LogP contribution < -0.4 is 4.90 Å². The lowest BCUT2D eigenvalue weighted by Crippen LogP contribution is -2.23. The molecular formula is C16H14BrNO. The standard InChI is InChI=1S/C16H14BrNO/c1-10-6-7-12-9-18(16(19)13(12)8-10)15-5-3-4-14(17)11(15)2/h3-8H,9H2,1-2H3. The van der Waals surface area contributed by atoms with E-state index in [0.29, 0.717) is 6.54 Å². The summed E-state index contributed by atoms with van der Waals surface area (Å²) in [6.07, 6.45) is 0. The number of hydrogen-bond donors (Lipinski definition) is 0. The van der Waals surface area contributed by atoms with E-state index in [4.69, 9.17) is 0 Å². The first kappa shape index (κ1) is 12.4. The molecule has 0 bridgehead atoms. The van der Waals surface area contributed by atoms with Crippen LogP contribution in [-0.2, 0) is 6.54 Å². The second kappa shape index (κ2) is 4.49. The maximum absolute atomic E-state index is 12.5. The van der Waals surface area contributed by atoms with Crippen LogP contribution in [0.1, 0.15) is 27.0 Å². The van der Waals surface area contributed by atoms with Crippen molar-refractivity contribution in [2.24, 2.45) is 0 Å². The van der Waals surface area contributed by atoms with Crippen molar-refractivity contribution in [3.63, 3.8) is 0 Å². The number of anilines is 1. The topological polar surface area (TPSA) is 20.3 Å². The third kappa shape index (κ3) is 1.98. The average molecular weight is 316 g/mol. The van der Waals surface area contributed by atoms with Crippen LogP contribution in [-0.4, -0.2) is 5.91 Å². The van der Waals surface area contributed by atoms with Crippen LogP contribution in [0.15, 0.2) is 40.9 Å². The van der Waals surface area contributed by atoms with Crippen molar-refractivity contribution in [3.05, 3.63) is 63.1 Å². The molecule has 19 heavy (non-hydrogen) atoms. The summed E-state index contributed by atoms with van der Waals surface area (Å²) in [6.45, 7) is 4.70. The predicted molar refractivity (Wildman–Crippen MR) is 80.6 cm³/mol. The molecule has 1 aliphatic rings. The van der Waals surface area contributed by atoms with E-state index in [9.17, 15) is 4.79 Å². The molecule has 2 aromatic rings. The van der Waals surface area contributed by atoms with Gasteiger partial charge in [-0.1, -0.05) is 39.7 Å². The first-order valence-corrected chi connectivity index (χ1v) is 7.04. The zero-order chi connectivity index (χ0) is 13.6. The lowest BCUT2D eigenvalue weighted by molar-refractivity contribution is 0.0996. The van der Waals surface area contributed by atoms with E-state index in [2.05, 4.69) is 28.1 Å². The number of aryl methyl sites for hydroxylation is 1. The quantitative estimate of drug-likeness (QED) is 0.771. The van der Waals surface area contributed by atoms with E-state index in [1.54, 1.807) is 0 Å². The number of nitrogens with zero attached hydrogens (tertiary/aromatic N) is 1. The molecule has 1 heterocycles. The average Bonchev–Trinajstić information content (AvgIpc) is 2.70. The van der Waals surface area contributed by atoms with Crippen molar-refractivity contribution in [3.8, 4) is 0 Å². The maximum atomic E-state index is 12.5. The van der Waals surface area contributed by atoms with Crippen LogP contribution in [0.3, 0.4) is 0 Å². The van der Waals surface area contributed by atoms with Gasteiger partial charge < -0.3 is 4.90 Å². The Morgan fingerprint density at radius 2 is 1.95 bits per heavy atom. The van der Waals surface area contributed by atoms with Crippen molar-refractivity contribution in [1.82, 2.24) is 0 Å². The SMILES string of the molecule is Cc1ccc2c(c1)C(=O)N(c1cccc(Br)c1C)C2. The van der Waals surface area contributed by atoms with Gasteiger partial charge in [0.2, 0.25) is 0 Å². The molecule has 0 atom stereocenters. The summed E-state index contributed by atoms with van der Waals surface area (Å²) in [5.41, 5.74) is 5.14. The zero-order valence-corrected chi connectivity index (χ0v) is 12.5. The highest BCUT2D eigenvalue weighted by atomic mass is 79.9. The third-order valence-corrected chi connectivity index (χ3v) is 4.46. The second-order valence-electron chi connectivity index (χ2n) is 4.94. The van der Waals surface area contributed by atoms with Gasteiger partial charge >= 0.3 is 0 Å². The fourth-order valence-electron chi connectivity index (χ4n) is 2.50. The van der Waals surface area contributed by atoms with Crippen LogP contribution in [0.25, 0.3) is 0 Å². The Labute approximate surface area is 121 Å². The summed E-state index contributed by atoms with van der Waals surface area (Å²) >= 11 is 3.52. The lowest BCUT2D eigenvalue weighted by Gasteiger charge is -2.19. The summed E-state index contributed by atoms with van der Waals surface area (Å²) in [6, 6.07) is 12.0. The van der Waals surface area contributed by atoms with Crippen molar-refractivity contribution in [2.45, 2.75) is 20.4 Å². The van der Waals surface area contributed by atoms with Gasteiger partial charge in [0.15, 0.2) is 0 Å². The molecule has 3 rings (SSSR count). The van der Waals surface area contributed by atoms with Crippen molar-refractivity contribution in [1.29, 1.82) is 0 Å². The fourth-order valence-corrected chi connectivity index (χ4v) is 2.85. The molecule has 3 heteroatoms. The highest BCUT2D eigenvalue weighted by molar-refractivity contribution is 9.10. The van der Waals surface area contributed by atoms with Gasteiger partial charge in [0.25, 0.3) is 5.91 Å². The Hall–Kier alpha value is -1.61. The summed E-state index contributed by atoms with van der Waals surface area (Å²) in [5.74, 6) is 0.0971. The van der Waals surface area contributed by atoms with Gasteiger partial charge in [-0.05, 0) is 43.2 Å². The molecule has 0 saturated carbocycles. The molecule has 96 valence electrons. The molecule has 0 spiro atoms. The van der Waals surface area contributed by atoms with Crippen molar-refractivity contribution < 1.29 is 4.79 Å². The number of hydrogen-bond acceptors (Lipinski definition) is 1. The molecule has 0 aromatic heterocycles. The number of halogens is 1. The minimum atomic E-state index is 0.0971. The van der Waals surface area contributed by atoms with E-state index in [1.165, 1.54) is 0 Å². The molecule has 2 nitrogen and oxygen atoms in total. The fraction of sp³-hybridized carbons (Fsp3) is 0.188. The number of carbonyl (C=O) groups excluding carboxylic acids is 1. The first-order valence-electron chi connectivity index (χ1n) is 6.24. The molecule has 0 N–H and O–H groups in total. The minimum absolute atomic E-state index is 0.0971. The monoisotopic (exact) mass is 315 g/mol. The molecule has 1 amide bonds. The van der Waals surface area contributed by atoms with Gasteiger partial charge in [-0.3, -0.25) is 4.79 Å². The van der Waals surface area contributed by atoms with E-state index >= 15 is 0 Å². The van der Waals surface area contributed by atoms with Crippen LogP contribution >= 0.6 is 15.9 Å². The highest BCUT2D eigenvalue weighted by Crippen LogP contribution is 2.33. The Morgan fingerprint density at radius 3 is 2.74 bits per heavy atom. The Balaban J connectivity index is 2.07. The largest absolute Gasteiger partial charge is 0.304 e. The Bertz CT molecular complexity index is 678. The molecule has 1 aliphatic heterocycles. The van der Waals surface area contributed by atoms with Crippen LogP contribution in [0.4, 0.5) is 5.69 Å². The zero-order valence-electron chi connectivity index (χ0n) is 10.9. The van der Waals surface area contributed by atoms with E-state index in [-0.39, 0.29) is 5.91 Å². The number of benzene rings is 2. The Morgan fingerprint density at radius 1 is 1.16 bits per heavy atom. The number of amides is 1. The number of fused-ring (bicyclic) bond motifs is 1. The van der Waals surface area contributed by atoms with Gasteiger partial charge in [-0.2, -0.15) is 0 Å². The van der Waals surface area contributed by atoms with E-state index in [1.807, 2.05) is 43.0 Å².